The van der Waals surface area contributed by atoms with Gasteiger partial charge < -0.3 is 14.6 Å². The highest BCUT2D eigenvalue weighted by Gasteiger charge is 2.13. The van der Waals surface area contributed by atoms with E-state index in [9.17, 15) is 15.0 Å². The van der Waals surface area contributed by atoms with Gasteiger partial charge in [-0.3, -0.25) is 4.79 Å². The van der Waals surface area contributed by atoms with Crippen molar-refractivity contribution in [1.82, 2.24) is 5.43 Å². The number of hydrogen-bond donors (Lipinski definition) is 3. The maximum atomic E-state index is 12.1. The first-order valence-corrected chi connectivity index (χ1v) is 8.93. The molecular formula is C18H12Br2N2O4. The smallest absolute Gasteiger partial charge is 0.271 e. The molecule has 2 aromatic carbocycles. The van der Waals surface area contributed by atoms with Crippen molar-refractivity contribution in [1.29, 1.82) is 0 Å². The van der Waals surface area contributed by atoms with Gasteiger partial charge in [-0.25, -0.2) is 5.43 Å². The van der Waals surface area contributed by atoms with E-state index in [1.54, 1.807) is 36.6 Å². The van der Waals surface area contributed by atoms with Gasteiger partial charge in [0.15, 0.2) is 0 Å². The number of carbonyl (C=O) groups excluding carboxylic acids is 1. The molecule has 0 aliphatic carbocycles. The minimum Gasteiger partial charge on any atom is -0.506 e. The summed E-state index contributed by atoms with van der Waals surface area (Å²) in [4.78, 5) is 12.1. The molecule has 3 rings (SSSR count). The Balaban J connectivity index is 1.70. The zero-order chi connectivity index (χ0) is 18.7. The molecule has 0 radical (unpaired) electrons. The summed E-state index contributed by atoms with van der Waals surface area (Å²) < 4.78 is 5.81. The second-order valence-electron chi connectivity index (χ2n) is 5.21. The van der Waals surface area contributed by atoms with E-state index in [4.69, 9.17) is 4.42 Å². The molecule has 0 saturated carbocycles. The van der Waals surface area contributed by atoms with Gasteiger partial charge in [0.25, 0.3) is 5.91 Å². The van der Waals surface area contributed by atoms with Gasteiger partial charge in [-0.2, -0.15) is 5.10 Å². The van der Waals surface area contributed by atoms with E-state index in [1.165, 1.54) is 12.3 Å². The van der Waals surface area contributed by atoms with Crippen LogP contribution in [0, 0.1) is 0 Å². The molecule has 6 nitrogen and oxygen atoms in total. The first kappa shape index (κ1) is 18.2. The fraction of sp³-hybridized carbons (Fsp3) is 0. The zero-order valence-electron chi connectivity index (χ0n) is 13.1. The maximum absolute atomic E-state index is 12.1. The lowest BCUT2D eigenvalue weighted by Crippen LogP contribution is -2.17. The van der Waals surface area contributed by atoms with Gasteiger partial charge in [-0.1, -0.05) is 12.1 Å². The molecule has 132 valence electrons. The molecule has 0 bridgehead atoms. The van der Waals surface area contributed by atoms with Gasteiger partial charge in [0.2, 0.25) is 0 Å². The number of furan rings is 1. The number of nitrogens with one attached hydrogen (secondary N) is 1. The standard InChI is InChI=1S/C18H12Br2N2O4/c19-13-8-12(16(23)15(20)17(13)24)9-21-22-18(25)11-5-3-10(4-6-11)14-2-1-7-26-14/h1-9,23-24H,(H,22,25)/b21-9+. The Morgan fingerprint density at radius 3 is 2.50 bits per heavy atom. The van der Waals surface area contributed by atoms with Crippen LogP contribution in [0.25, 0.3) is 11.3 Å². The predicted octanol–water partition coefficient (Wildman–Crippen LogP) is 4.65. The highest BCUT2D eigenvalue weighted by molar-refractivity contribution is 9.11. The van der Waals surface area contributed by atoms with Crippen LogP contribution < -0.4 is 5.43 Å². The van der Waals surface area contributed by atoms with Crippen molar-refractivity contribution < 1.29 is 19.4 Å². The zero-order valence-corrected chi connectivity index (χ0v) is 16.3. The van der Waals surface area contributed by atoms with Gasteiger partial charge in [0, 0.05) is 16.7 Å². The van der Waals surface area contributed by atoms with E-state index in [-0.39, 0.29) is 16.0 Å². The molecular weight excluding hydrogens is 468 g/mol. The molecule has 0 spiro atoms. The first-order valence-electron chi connectivity index (χ1n) is 7.34. The van der Waals surface area contributed by atoms with Gasteiger partial charge >= 0.3 is 0 Å². The van der Waals surface area contributed by atoms with Gasteiger partial charge in [0.1, 0.15) is 21.7 Å². The number of rotatable bonds is 4. The van der Waals surface area contributed by atoms with E-state index in [2.05, 4.69) is 42.4 Å². The molecule has 3 aromatic rings. The Bertz CT molecular complexity index is 968. The summed E-state index contributed by atoms with van der Waals surface area (Å²) in [6.07, 6.45) is 2.86. The number of hydrazone groups is 1. The van der Waals surface area contributed by atoms with Crippen molar-refractivity contribution in [2.24, 2.45) is 5.10 Å². The van der Waals surface area contributed by atoms with E-state index in [0.717, 1.165) is 5.56 Å². The van der Waals surface area contributed by atoms with E-state index in [1.807, 2.05) is 6.07 Å². The number of nitrogens with zero attached hydrogens (tertiary/aromatic N) is 1. The third-order valence-corrected chi connectivity index (χ3v) is 4.88. The normalized spacial score (nSPS) is 11.0. The Hall–Kier alpha value is -2.58. The number of phenolic OH excluding ortho intramolecular Hbond substituents is 2. The second-order valence-corrected chi connectivity index (χ2v) is 6.86. The number of phenols is 2. The van der Waals surface area contributed by atoms with Crippen molar-refractivity contribution in [3.05, 3.63) is 68.8 Å². The molecule has 1 heterocycles. The summed E-state index contributed by atoms with van der Waals surface area (Å²) >= 11 is 6.24. The minimum absolute atomic E-state index is 0.125. The van der Waals surface area contributed by atoms with Crippen molar-refractivity contribution in [2.75, 3.05) is 0 Å². The van der Waals surface area contributed by atoms with Crippen LogP contribution in [0.4, 0.5) is 0 Å². The van der Waals surface area contributed by atoms with Crippen LogP contribution in [-0.4, -0.2) is 22.3 Å². The van der Waals surface area contributed by atoms with E-state index >= 15 is 0 Å². The summed E-state index contributed by atoms with van der Waals surface area (Å²) in [6.45, 7) is 0. The topological polar surface area (TPSA) is 95.1 Å². The Morgan fingerprint density at radius 2 is 1.85 bits per heavy atom. The lowest BCUT2D eigenvalue weighted by atomic mass is 10.1. The molecule has 0 fully saturated rings. The average molecular weight is 480 g/mol. The number of carbonyl (C=O) groups is 1. The van der Waals surface area contributed by atoms with Gasteiger partial charge in [-0.05, 0) is 62.2 Å². The minimum atomic E-state index is -0.399. The quantitative estimate of drug-likeness (QED) is 0.375. The highest BCUT2D eigenvalue weighted by atomic mass is 79.9. The molecule has 0 atom stereocenters. The third-order valence-electron chi connectivity index (χ3n) is 3.52. The molecule has 1 aromatic heterocycles. The van der Waals surface area contributed by atoms with Gasteiger partial charge in [0.05, 0.1) is 17.0 Å². The van der Waals surface area contributed by atoms with Crippen molar-refractivity contribution in [3.63, 3.8) is 0 Å². The molecule has 26 heavy (non-hydrogen) atoms. The fourth-order valence-electron chi connectivity index (χ4n) is 2.17. The number of aromatic hydroxyl groups is 2. The molecule has 0 saturated heterocycles. The lowest BCUT2D eigenvalue weighted by Gasteiger charge is -2.06. The number of hydrogen-bond acceptors (Lipinski definition) is 5. The Morgan fingerprint density at radius 1 is 1.12 bits per heavy atom. The number of amides is 1. The van der Waals surface area contributed by atoms with Crippen LogP contribution in [-0.2, 0) is 0 Å². The number of halogens is 2. The Labute approximate surface area is 165 Å². The van der Waals surface area contributed by atoms with Crippen LogP contribution in [0.3, 0.4) is 0 Å². The van der Waals surface area contributed by atoms with Crippen LogP contribution >= 0.6 is 31.9 Å². The molecule has 0 aliphatic heterocycles. The summed E-state index contributed by atoms with van der Waals surface area (Å²) in [7, 11) is 0. The van der Waals surface area contributed by atoms with Crippen LogP contribution in [0.15, 0.2) is 67.2 Å². The fourth-order valence-corrected chi connectivity index (χ4v) is 3.32. The van der Waals surface area contributed by atoms with E-state index < -0.39 is 5.91 Å². The molecule has 0 unspecified atom stereocenters. The average Bonchev–Trinajstić information content (AvgIpc) is 3.19. The summed E-state index contributed by atoms with van der Waals surface area (Å²) in [6, 6.07) is 12.0. The summed E-state index contributed by atoms with van der Waals surface area (Å²) in [5, 5.41) is 23.5. The molecule has 3 N–H and O–H groups in total. The van der Waals surface area contributed by atoms with Crippen molar-refractivity contribution in [3.8, 4) is 22.8 Å². The molecule has 1 amide bonds. The van der Waals surface area contributed by atoms with Crippen LogP contribution in [0.5, 0.6) is 11.5 Å². The largest absolute Gasteiger partial charge is 0.506 e. The highest BCUT2D eigenvalue weighted by Crippen LogP contribution is 2.40. The Kier molecular flexibility index (Phi) is 5.43. The first-order chi connectivity index (χ1) is 12.5. The van der Waals surface area contributed by atoms with Gasteiger partial charge in [-0.15, -0.1) is 0 Å². The number of benzene rings is 2. The maximum Gasteiger partial charge on any atom is 0.271 e. The molecule has 0 aliphatic rings. The monoisotopic (exact) mass is 478 g/mol. The summed E-state index contributed by atoms with van der Waals surface area (Å²) in [5.74, 6) is 0.00409. The predicted molar refractivity (Wildman–Crippen MR) is 104 cm³/mol. The third kappa shape index (κ3) is 3.81. The van der Waals surface area contributed by atoms with Crippen LogP contribution in [0.1, 0.15) is 15.9 Å². The van der Waals surface area contributed by atoms with Crippen LogP contribution in [0.2, 0.25) is 0 Å². The summed E-state index contributed by atoms with van der Waals surface area (Å²) in [5.41, 5.74) is 3.99. The molecule has 8 heteroatoms. The van der Waals surface area contributed by atoms with Crippen molar-refractivity contribution in [2.45, 2.75) is 0 Å². The lowest BCUT2D eigenvalue weighted by molar-refractivity contribution is 0.0955. The SMILES string of the molecule is O=C(N/N=C/c1cc(Br)c(O)c(Br)c1O)c1ccc(-c2ccco2)cc1. The van der Waals surface area contributed by atoms with E-state index in [0.29, 0.717) is 21.4 Å². The second kappa shape index (κ2) is 7.76. The van der Waals surface area contributed by atoms with Crippen molar-refractivity contribution >= 4 is 44.0 Å².